The van der Waals surface area contributed by atoms with Gasteiger partial charge >= 0.3 is 0 Å². The first-order valence-corrected chi connectivity index (χ1v) is 6.83. The van der Waals surface area contributed by atoms with Crippen molar-refractivity contribution < 1.29 is 4.79 Å². The van der Waals surface area contributed by atoms with Crippen LogP contribution < -0.4 is 5.32 Å². The molecule has 1 atom stereocenters. The van der Waals surface area contributed by atoms with Crippen LogP contribution >= 0.6 is 12.6 Å². The molecule has 1 aromatic rings. The Morgan fingerprint density at radius 2 is 1.83 bits per heavy atom. The Hall–Kier alpha value is -1.00. The quantitative estimate of drug-likeness (QED) is 0.775. The van der Waals surface area contributed by atoms with Crippen molar-refractivity contribution >= 4 is 18.5 Å². The molecular formula is C14H22N2OS. The Bertz CT molecular complexity index is 374. The van der Waals surface area contributed by atoms with Crippen LogP contribution in [-0.2, 0) is 0 Å². The third kappa shape index (κ3) is 4.70. The fraction of sp³-hybridized carbons (Fsp3) is 0.500. The molecule has 1 unspecified atom stereocenters. The van der Waals surface area contributed by atoms with Crippen LogP contribution in [0.4, 0.5) is 0 Å². The summed E-state index contributed by atoms with van der Waals surface area (Å²) in [7, 11) is 0. The topological polar surface area (TPSA) is 32.3 Å². The average molecular weight is 266 g/mol. The molecular weight excluding hydrogens is 244 g/mol. The van der Waals surface area contributed by atoms with Crippen LogP contribution in [-0.4, -0.2) is 36.5 Å². The van der Waals surface area contributed by atoms with Gasteiger partial charge in [0.25, 0.3) is 5.91 Å². The number of nitrogens with one attached hydrogen (secondary N) is 1. The van der Waals surface area contributed by atoms with E-state index in [0.29, 0.717) is 5.56 Å². The van der Waals surface area contributed by atoms with Crippen molar-refractivity contribution in [3.63, 3.8) is 0 Å². The summed E-state index contributed by atoms with van der Waals surface area (Å²) < 4.78 is 0. The molecule has 0 heterocycles. The van der Waals surface area contributed by atoms with E-state index in [0.717, 1.165) is 24.5 Å². The molecule has 0 radical (unpaired) electrons. The summed E-state index contributed by atoms with van der Waals surface area (Å²) in [5.74, 6) is -0.0250. The highest BCUT2D eigenvalue weighted by atomic mass is 32.1. The Labute approximate surface area is 115 Å². The van der Waals surface area contributed by atoms with Gasteiger partial charge in [-0.05, 0) is 44.3 Å². The maximum Gasteiger partial charge on any atom is 0.251 e. The van der Waals surface area contributed by atoms with Crippen LogP contribution in [0.15, 0.2) is 29.2 Å². The first kappa shape index (κ1) is 15.1. The summed E-state index contributed by atoms with van der Waals surface area (Å²) in [6.07, 6.45) is 0. The fourth-order valence-corrected chi connectivity index (χ4v) is 1.98. The predicted molar refractivity (Wildman–Crippen MR) is 78.4 cm³/mol. The number of benzene rings is 1. The smallest absolute Gasteiger partial charge is 0.251 e. The van der Waals surface area contributed by atoms with E-state index >= 15 is 0 Å². The van der Waals surface area contributed by atoms with Crippen molar-refractivity contribution in [2.75, 3.05) is 19.6 Å². The lowest BCUT2D eigenvalue weighted by Gasteiger charge is -2.23. The summed E-state index contributed by atoms with van der Waals surface area (Å²) in [6, 6.07) is 7.39. The van der Waals surface area contributed by atoms with Gasteiger partial charge < -0.3 is 10.2 Å². The SMILES string of the molecule is CCN(CC)CC(C)NC(=O)c1ccc(S)cc1. The van der Waals surface area contributed by atoms with Crippen LogP contribution in [0, 0.1) is 0 Å². The number of nitrogens with zero attached hydrogens (tertiary/aromatic N) is 1. The highest BCUT2D eigenvalue weighted by molar-refractivity contribution is 7.80. The van der Waals surface area contributed by atoms with Crippen molar-refractivity contribution in [1.29, 1.82) is 0 Å². The largest absolute Gasteiger partial charge is 0.348 e. The van der Waals surface area contributed by atoms with Gasteiger partial charge in [-0.2, -0.15) is 0 Å². The number of rotatable bonds is 6. The van der Waals surface area contributed by atoms with Crippen molar-refractivity contribution in [2.24, 2.45) is 0 Å². The summed E-state index contributed by atoms with van der Waals surface area (Å²) >= 11 is 4.20. The minimum atomic E-state index is -0.0250. The van der Waals surface area contributed by atoms with Crippen molar-refractivity contribution in [3.05, 3.63) is 29.8 Å². The number of carbonyl (C=O) groups is 1. The van der Waals surface area contributed by atoms with Gasteiger partial charge in [0.05, 0.1) is 0 Å². The van der Waals surface area contributed by atoms with Crippen LogP contribution in [0.1, 0.15) is 31.1 Å². The predicted octanol–water partition coefficient (Wildman–Crippen LogP) is 2.44. The summed E-state index contributed by atoms with van der Waals surface area (Å²) in [5.41, 5.74) is 0.680. The second kappa shape index (κ2) is 7.44. The van der Waals surface area contributed by atoms with Crippen molar-refractivity contribution in [1.82, 2.24) is 10.2 Å². The van der Waals surface area contributed by atoms with E-state index in [9.17, 15) is 4.79 Å². The molecule has 0 aliphatic heterocycles. The van der Waals surface area contributed by atoms with E-state index < -0.39 is 0 Å². The highest BCUT2D eigenvalue weighted by Crippen LogP contribution is 2.07. The maximum atomic E-state index is 12.0. The molecule has 0 spiro atoms. The lowest BCUT2D eigenvalue weighted by atomic mass is 10.2. The van der Waals surface area contributed by atoms with Gasteiger partial charge in [-0.3, -0.25) is 4.79 Å². The lowest BCUT2D eigenvalue weighted by Crippen LogP contribution is -2.41. The van der Waals surface area contributed by atoms with Gasteiger partial charge in [0.15, 0.2) is 0 Å². The molecule has 1 rings (SSSR count). The highest BCUT2D eigenvalue weighted by Gasteiger charge is 2.11. The molecule has 1 amide bonds. The maximum absolute atomic E-state index is 12.0. The van der Waals surface area contributed by atoms with Crippen LogP contribution in [0.2, 0.25) is 0 Å². The standard InChI is InChI=1S/C14H22N2OS/c1-4-16(5-2)10-11(3)15-14(17)12-6-8-13(18)9-7-12/h6-9,11,18H,4-5,10H2,1-3H3,(H,15,17). The Morgan fingerprint density at radius 3 is 2.33 bits per heavy atom. The van der Waals surface area contributed by atoms with E-state index in [1.807, 2.05) is 19.1 Å². The van der Waals surface area contributed by atoms with E-state index in [1.165, 1.54) is 0 Å². The molecule has 100 valence electrons. The molecule has 0 aromatic heterocycles. The van der Waals surface area contributed by atoms with E-state index in [-0.39, 0.29) is 11.9 Å². The first-order chi connectivity index (χ1) is 8.56. The molecule has 0 aliphatic rings. The number of hydrogen-bond acceptors (Lipinski definition) is 3. The second-order valence-corrected chi connectivity index (χ2v) is 4.92. The van der Waals surface area contributed by atoms with Crippen LogP contribution in [0.5, 0.6) is 0 Å². The molecule has 0 bridgehead atoms. The molecule has 0 aliphatic carbocycles. The molecule has 1 N–H and O–H groups in total. The summed E-state index contributed by atoms with van der Waals surface area (Å²) in [6.45, 7) is 9.18. The monoisotopic (exact) mass is 266 g/mol. The normalized spacial score (nSPS) is 12.5. The first-order valence-electron chi connectivity index (χ1n) is 6.39. The summed E-state index contributed by atoms with van der Waals surface area (Å²) in [4.78, 5) is 15.1. The molecule has 4 heteroatoms. The van der Waals surface area contributed by atoms with Crippen molar-refractivity contribution in [3.8, 4) is 0 Å². The van der Waals surface area contributed by atoms with E-state index in [2.05, 4.69) is 36.7 Å². The second-order valence-electron chi connectivity index (χ2n) is 4.41. The molecule has 1 aromatic carbocycles. The minimum Gasteiger partial charge on any atom is -0.348 e. The fourth-order valence-electron chi connectivity index (χ4n) is 1.83. The van der Waals surface area contributed by atoms with Gasteiger partial charge in [0.1, 0.15) is 0 Å². The zero-order valence-electron chi connectivity index (χ0n) is 11.3. The summed E-state index contributed by atoms with van der Waals surface area (Å²) in [5, 5.41) is 3.01. The van der Waals surface area contributed by atoms with Gasteiger partial charge in [0.2, 0.25) is 0 Å². The van der Waals surface area contributed by atoms with Gasteiger partial charge in [0, 0.05) is 23.0 Å². The van der Waals surface area contributed by atoms with Crippen LogP contribution in [0.3, 0.4) is 0 Å². The zero-order valence-corrected chi connectivity index (χ0v) is 12.2. The van der Waals surface area contributed by atoms with Gasteiger partial charge in [-0.25, -0.2) is 0 Å². The Morgan fingerprint density at radius 1 is 1.28 bits per heavy atom. The number of likely N-dealkylation sites (N-methyl/N-ethyl adjacent to an activating group) is 1. The third-order valence-electron chi connectivity index (χ3n) is 2.93. The third-order valence-corrected chi connectivity index (χ3v) is 3.23. The number of thiol groups is 1. The van der Waals surface area contributed by atoms with Crippen molar-refractivity contribution in [2.45, 2.75) is 31.7 Å². The Balaban J connectivity index is 2.51. The molecule has 0 saturated carbocycles. The lowest BCUT2D eigenvalue weighted by molar-refractivity contribution is 0.0930. The number of amides is 1. The van der Waals surface area contributed by atoms with E-state index in [4.69, 9.17) is 0 Å². The minimum absolute atomic E-state index is 0.0250. The average Bonchev–Trinajstić information content (AvgIpc) is 2.36. The van der Waals surface area contributed by atoms with Crippen LogP contribution in [0.25, 0.3) is 0 Å². The Kier molecular flexibility index (Phi) is 6.22. The van der Waals surface area contributed by atoms with Gasteiger partial charge in [-0.15, -0.1) is 12.6 Å². The molecule has 3 nitrogen and oxygen atoms in total. The van der Waals surface area contributed by atoms with Gasteiger partial charge in [-0.1, -0.05) is 13.8 Å². The number of hydrogen-bond donors (Lipinski definition) is 2. The van der Waals surface area contributed by atoms with E-state index in [1.54, 1.807) is 12.1 Å². The molecule has 0 fully saturated rings. The zero-order chi connectivity index (χ0) is 13.5. The number of carbonyl (C=O) groups excluding carboxylic acids is 1. The molecule has 0 saturated heterocycles. The molecule has 18 heavy (non-hydrogen) atoms.